The van der Waals surface area contributed by atoms with Crippen molar-refractivity contribution in [3.05, 3.63) is 48.4 Å². The zero-order chi connectivity index (χ0) is 16.5. The van der Waals surface area contributed by atoms with Gasteiger partial charge in [0.25, 0.3) is 0 Å². The number of rotatable bonds is 4. The van der Waals surface area contributed by atoms with Gasteiger partial charge in [-0.1, -0.05) is 6.07 Å². The second-order valence-electron chi connectivity index (χ2n) is 6.48. The number of hydrogen-bond acceptors (Lipinski definition) is 4. The molecule has 1 saturated carbocycles. The van der Waals surface area contributed by atoms with E-state index in [-0.39, 0.29) is 17.7 Å². The molecule has 1 saturated heterocycles. The smallest absolute Gasteiger partial charge is 0.226 e. The highest BCUT2D eigenvalue weighted by Crippen LogP contribution is 2.48. The van der Waals surface area contributed by atoms with Crippen LogP contribution in [0.15, 0.2) is 47.1 Å². The number of piperazine rings is 1. The van der Waals surface area contributed by atoms with E-state index >= 15 is 0 Å². The zero-order valence-corrected chi connectivity index (χ0v) is 13.9. The fourth-order valence-corrected chi connectivity index (χ4v) is 3.51. The number of anilines is 1. The van der Waals surface area contributed by atoms with E-state index in [2.05, 4.69) is 11.0 Å². The standard InChI is InChI=1S/C19H22N2O3/c1-23-15-5-2-4-14(12-15)20-7-9-21(10-8-20)19(22)17-13-16(17)18-6-3-11-24-18/h2-6,11-12,16-17H,7-10,13H2,1H3/t16-,17-/m0/s1. The number of amides is 1. The van der Waals surface area contributed by atoms with Crippen molar-refractivity contribution in [3.63, 3.8) is 0 Å². The zero-order valence-electron chi connectivity index (χ0n) is 13.9. The van der Waals surface area contributed by atoms with E-state index in [4.69, 9.17) is 9.15 Å². The summed E-state index contributed by atoms with van der Waals surface area (Å²) in [7, 11) is 1.68. The van der Waals surface area contributed by atoms with Crippen molar-refractivity contribution >= 4 is 11.6 Å². The van der Waals surface area contributed by atoms with Gasteiger partial charge in [0.05, 0.1) is 13.4 Å². The van der Waals surface area contributed by atoms with Gasteiger partial charge in [0.2, 0.25) is 5.91 Å². The summed E-state index contributed by atoms with van der Waals surface area (Å²) in [5.74, 6) is 2.48. The number of benzene rings is 1. The minimum absolute atomic E-state index is 0.111. The molecule has 2 fully saturated rings. The Balaban J connectivity index is 1.34. The predicted octanol–water partition coefficient (Wildman–Crippen LogP) is 2.74. The normalized spacial score (nSPS) is 23.2. The molecule has 126 valence electrons. The molecule has 1 aromatic heterocycles. The Morgan fingerprint density at radius 3 is 2.71 bits per heavy atom. The molecule has 5 heteroatoms. The van der Waals surface area contributed by atoms with Crippen LogP contribution in [0.4, 0.5) is 5.69 Å². The summed E-state index contributed by atoms with van der Waals surface area (Å²) in [6.45, 7) is 3.27. The summed E-state index contributed by atoms with van der Waals surface area (Å²) in [6, 6.07) is 12.0. The second-order valence-corrected chi connectivity index (χ2v) is 6.48. The number of ether oxygens (including phenoxy) is 1. The molecule has 4 rings (SSSR count). The molecule has 2 aromatic rings. The van der Waals surface area contributed by atoms with Crippen LogP contribution in [0.2, 0.25) is 0 Å². The Hall–Kier alpha value is -2.43. The van der Waals surface area contributed by atoms with Crippen molar-refractivity contribution in [2.75, 3.05) is 38.2 Å². The van der Waals surface area contributed by atoms with Crippen molar-refractivity contribution in [2.24, 2.45) is 5.92 Å². The van der Waals surface area contributed by atoms with E-state index in [0.29, 0.717) is 0 Å². The average molecular weight is 326 g/mol. The van der Waals surface area contributed by atoms with Crippen LogP contribution in [-0.4, -0.2) is 44.1 Å². The van der Waals surface area contributed by atoms with Crippen LogP contribution in [0, 0.1) is 5.92 Å². The van der Waals surface area contributed by atoms with Crippen LogP contribution in [0.3, 0.4) is 0 Å². The lowest BCUT2D eigenvalue weighted by molar-refractivity contribution is -0.133. The van der Waals surface area contributed by atoms with E-state index in [0.717, 1.165) is 49.8 Å². The fraction of sp³-hybridized carbons (Fsp3) is 0.421. The number of carbonyl (C=O) groups is 1. The van der Waals surface area contributed by atoms with Crippen LogP contribution in [-0.2, 0) is 4.79 Å². The molecule has 1 amide bonds. The molecule has 0 N–H and O–H groups in total. The number of nitrogens with zero attached hydrogens (tertiary/aromatic N) is 2. The molecule has 0 radical (unpaired) electrons. The van der Waals surface area contributed by atoms with Gasteiger partial charge in [0.1, 0.15) is 11.5 Å². The third-order valence-electron chi connectivity index (χ3n) is 5.03. The molecule has 1 aliphatic heterocycles. The SMILES string of the molecule is COc1cccc(N2CCN(C(=O)[C@H]3C[C@@H]3c3ccco3)CC2)c1. The summed E-state index contributed by atoms with van der Waals surface area (Å²) >= 11 is 0. The monoisotopic (exact) mass is 326 g/mol. The molecular weight excluding hydrogens is 304 g/mol. The summed E-state index contributed by atoms with van der Waals surface area (Å²) in [5, 5.41) is 0. The summed E-state index contributed by atoms with van der Waals surface area (Å²) in [5.41, 5.74) is 1.15. The van der Waals surface area contributed by atoms with Crippen LogP contribution in [0.25, 0.3) is 0 Å². The number of carbonyl (C=O) groups excluding carboxylic acids is 1. The molecule has 2 heterocycles. The van der Waals surface area contributed by atoms with Crippen LogP contribution in [0.1, 0.15) is 18.1 Å². The van der Waals surface area contributed by atoms with Gasteiger partial charge in [-0.05, 0) is 30.7 Å². The summed E-state index contributed by atoms with van der Waals surface area (Å²) in [4.78, 5) is 17.0. The minimum atomic E-state index is 0.111. The first-order valence-corrected chi connectivity index (χ1v) is 8.47. The maximum atomic E-state index is 12.7. The van der Waals surface area contributed by atoms with E-state index in [9.17, 15) is 4.79 Å². The van der Waals surface area contributed by atoms with Gasteiger partial charge in [-0.25, -0.2) is 0 Å². The van der Waals surface area contributed by atoms with E-state index in [1.54, 1.807) is 13.4 Å². The van der Waals surface area contributed by atoms with E-state index < -0.39 is 0 Å². The van der Waals surface area contributed by atoms with Crippen molar-refractivity contribution < 1.29 is 13.9 Å². The first kappa shape index (κ1) is 15.1. The molecule has 5 nitrogen and oxygen atoms in total. The van der Waals surface area contributed by atoms with Gasteiger partial charge in [0.15, 0.2) is 0 Å². The molecule has 1 aromatic carbocycles. The molecule has 0 bridgehead atoms. The fourth-order valence-electron chi connectivity index (χ4n) is 3.51. The van der Waals surface area contributed by atoms with E-state index in [1.165, 1.54) is 0 Å². The minimum Gasteiger partial charge on any atom is -0.497 e. The first-order chi connectivity index (χ1) is 11.8. The molecule has 0 unspecified atom stereocenters. The Morgan fingerprint density at radius 2 is 2.00 bits per heavy atom. The lowest BCUT2D eigenvalue weighted by Crippen LogP contribution is -2.49. The Kier molecular flexibility index (Phi) is 3.92. The highest BCUT2D eigenvalue weighted by molar-refractivity contribution is 5.83. The quantitative estimate of drug-likeness (QED) is 0.867. The van der Waals surface area contributed by atoms with E-state index in [1.807, 2.05) is 35.2 Å². The van der Waals surface area contributed by atoms with Crippen molar-refractivity contribution in [2.45, 2.75) is 12.3 Å². The average Bonchev–Trinajstić information content (AvgIpc) is 3.26. The highest BCUT2D eigenvalue weighted by Gasteiger charge is 2.47. The van der Waals surface area contributed by atoms with Gasteiger partial charge in [-0.15, -0.1) is 0 Å². The van der Waals surface area contributed by atoms with Crippen molar-refractivity contribution in [1.29, 1.82) is 0 Å². The number of hydrogen-bond donors (Lipinski definition) is 0. The summed E-state index contributed by atoms with van der Waals surface area (Å²) < 4.78 is 10.7. The van der Waals surface area contributed by atoms with Gasteiger partial charge < -0.3 is 19.0 Å². The lowest BCUT2D eigenvalue weighted by atomic mass is 10.2. The van der Waals surface area contributed by atoms with Gasteiger partial charge in [-0.3, -0.25) is 4.79 Å². The maximum Gasteiger partial charge on any atom is 0.226 e. The lowest BCUT2D eigenvalue weighted by Gasteiger charge is -2.36. The molecule has 0 spiro atoms. The van der Waals surface area contributed by atoms with Gasteiger partial charge >= 0.3 is 0 Å². The molecular formula is C19H22N2O3. The number of furan rings is 1. The first-order valence-electron chi connectivity index (χ1n) is 8.47. The van der Waals surface area contributed by atoms with Crippen LogP contribution in [0.5, 0.6) is 5.75 Å². The molecule has 2 atom stereocenters. The van der Waals surface area contributed by atoms with Crippen LogP contribution < -0.4 is 9.64 Å². The molecule has 1 aliphatic carbocycles. The molecule has 2 aliphatic rings. The number of methoxy groups -OCH3 is 1. The highest BCUT2D eigenvalue weighted by atomic mass is 16.5. The third kappa shape index (κ3) is 2.86. The van der Waals surface area contributed by atoms with Crippen molar-refractivity contribution in [3.8, 4) is 5.75 Å². The maximum absolute atomic E-state index is 12.7. The Labute approximate surface area is 141 Å². The second kappa shape index (κ2) is 6.23. The Bertz CT molecular complexity index is 705. The largest absolute Gasteiger partial charge is 0.497 e. The topological polar surface area (TPSA) is 45.9 Å². The third-order valence-corrected chi connectivity index (χ3v) is 5.03. The Morgan fingerprint density at radius 1 is 1.17 bits per heavy atom. The van der Waals surface area contributed by atoms with Gasteiger partial charge in [0, 0.05) is 49.8 Å². The summed E-state index contributed by atoms with van der Waals surface area (Å²) in [6.07, 6.45) is 2.60. The molecule has 24 heavy (non-hydrogen) atoms. The van der Waals surface area contributed by atoms with Gasteiger partial charge in [-0.2, -0.15) is 0 Å². The van der Waals surface area contributed by atoms with Crippen LogP contribution >= 0.6 is 0 Å². The van der Waals surface area contributed by atoms with Crippen molar-refractivity contribution in [1.82, 2.24) is 4.90 Å². The predicted molar refractivity (Wildman–Crippen MR) is 91.3 cm³/mol.